The SMILES string of the molecule is COCCN(Cc1cccc(F)c1)c1nc2ccc(C(F)(F)F)cc2s1. The molecule has 0 saturated heterocycles. The van der Waals surface area contributed by atoms with E-state index < -0.39 is 11.7 Å². The second kappa shape index (κ2) is 7.59. The smallest absolute Gasteiger partial charge is 0.383 e. The molecule has 0 fully saturated rings. The number of thiazole rings is 1. The van der Waals surface area contributed by atoms with Crippen LogP contribution in [-0.2, 0) is 17.5 Å². The molecule has 3 rings (SSSR count). The Bertz CT molecular complexity index is 894. The van der Waals surface area contributed by atoms with Crippen molar-refractivity contribution in [2.24, 2.45) is 0 Å². The first kappa shape index (κ1) is 18.6. The molecule has 0 amide bonds. The molecule has 1 heterocycles. The van der Waals surface area contributed by atoms with E-state index in [0.717, 1.165) is 17.7 Å². The van der Waals surface area contributed by atoms with Crippen molar-refractivity contribution in [2.75, 3.05) is 25.2 Å². The van der Waals surface area contributed by atoms with E-state index in [4.69, 9.17) is 4.74 Å². The van der Waals surface area contributed by atoms with E-state index in [9.17, 15) is 17.6 Å². The van der Waals surface area contributed by atoms with Gasteiger partial charge < -0.3 is 9.64 Å². The topological polar surface area (TPSA) is 25.4 Å². The van der Waals surface area contributed by atoms with E-state index >= 15 is 0 Å². The summed E-state index contributed by atoms with van der Waals surface area (Å²) >= 11 is 1.18. The molecule has 3 nitrogen and oxygen atoms in total. The molecule has 0 aliphatic carbocycles. The normalized spacial score (nSPS) is 11.9. The summed E-state index contributed by atoms with van der Waals surface area (Å²) in [7, 11) is 1.56. The van der Waals surface area contributed by atoms with Crippen LogP contribution in [-0.4, -0.2) is 25.2 Å². The molecular formula is C18H16F4N2OS. The van der Waals surface area contributed by atoms with Gasteiger partial charge in [-0.25, -0.2) is 9.37 Å². The molecule has 0 aliphatic heterocycles. The van der Waals surface area contributed by atoms with Crippen LogP contribution in [0.3, 0.4) is 0 Å². The largest absolute Gasteiger partial charge is 0.416 e. The minimum absolute atomic E-state index is 0.340. The highest BCUT2D eigenvalue weighted by molar-refractivity contribution is 7.22. The number of hydrogen-bond acceptors (Lipinski definition) is 4. The maximum atomic E-state index is 13.4. The van der Waals surface area contributed by atoms with Crippen molar-refractivity contribution in [3.8, 4) is 0 Å². The van der Waals surface area contributed by atoms with Gasteiger partial charge in [-0.3, -0.25) is 0 Å². The van der Waals surface area contributed by atoms with Crippen molar-refractivity contribution in [3.05, 3.63) is 59.4 Å². The highest BCUT2D eigenvalue weighted by atomic mass is 32.1. The Morgan fingerprint density at radius 1 is 1.15 bits per heavy atom. The number of fused-ring (bicyclic) bond motifs is 1. The van der Waals surface area contributed by atoms with Gasteiger partial charge in [-0.2, -0.15) is 13.2 Å². The third kappa shape index (κ3) is 4.31. The number of hydrogen-bond donors (Lipinski definition) is 0. The lowest BCUT2D eigenvalue weighted by Gasteiger charge is -2.21. The molecule has 8 heteroatoms. The number of anilines is 1. The Morgan fingerprint density at radius 3 is 2.65 bits per heavy atom. The Kier molecular flexibility index (Phi) is 5.43. The summed E-state index contributed by atoms with van der Waals surface area (Å²) in [5.41, 5.74) is 0.546. The zero-order valence-electron chi connectivity index (χ0n) is 13.9. The Labute approximate surface area is 151 Å². The summed E-state index contributed by atoms with van der Waals surface area (Å²) in [5, 5.41) is 0.570. The van der Waals surface area contributed by atoms with Crippen LogP contribution in [0.5, 0.6) is 0 Å². The Balaban J connectivity index is 1.92. The summed E-state index contributed by atoms with van der Waals surface area (Å²) in [4.78, 5) is 6.31. The molecule has 0 bridgehead atoms. The number of halogens is 4. The van der Waals surface area contributed by atoms with E-state index in [1.54, 1.807) is 19.2 Å². The number of nitrogens with zero attached hydrogens (tertiary/aromatic N) is 2. The highest BCUT2D eigenvalue weighted by Crippen LogP contribution is 2.35. The van der Waals surface area contributed by atoms with Crippen LogP contribution < -0.4 is 4.90 Å². The van der Waals surface area contributed by atoms with Gasteiger partial charge in [-0.05, 0) is 35.9 Å². The molecule has 0 N–H and O–H groups in total. The second-order valence-electron chi connectivity index (χ2n) is 5.72. The van der Waals surface area contributed by atoms with Gasteiger partial charge in [0.15, 0.2) is 5.13 Å². The van der Waals surface area contributed by atoms with E-state index in [0.29, 0.717) is 35.0 Å². The number of rotatable bonds is 6. The summed E-state index contributed by atoms with van der Waals surface area (Å²) < 4.78 is 57.7. The van der Waals surface area contributed by atoms with Gasteiger partial charge in [0.1, 0.15) is 5.82 Å². The van der Waals surface area contributed by atoms with Gasteiger partial charge in [0.25, 0.3) is 0 Å². The van der Waals surface area contributed by atoms with E-state index in [-0.39, 0.29) is 5.82 Å². The first-order chi connectivity index (χ1) is 12.4. The number of ether oxygens (including phenoxy) is 1. The summed E-state index contributed by atoms with van der Waals surface area (Å²) in [6, 6.07) is 9.69. The number of benzene rings is 2. The lowest BCUT2D eigenvalue weighted by molar-refractivity contribution is -0.137. The maximum Gasteiger partial charge on any atom is 0.416 e. The van der Waals surface area contributed by atoms with Gasteiger partial charge in [0.2, 0.25) is 0 Å². The molecule has 3 aromatic rings. The molecule has 0 saturated carbocycles. The van der Waals surface area contributed by atoms with Gasteiger partial charge in [-0.15, -0.1) is 0 Å². The van der Waals surface area contributed by atoms with Gasteiger partial charge in [-0.1, -0.05) is 23.5 Å². The predicted octanol–water partition coefficient (Wildman–Crippen LogP) is 5.11. The fraction of sp³-hybridized carbons (Fsp3) is 0.278. The third-order valence-electron chi connectivity index (χ3n) is 3.80. The van der Waals surface area contributed by atoms with Crippen LogP contribution in [0.4, 0.5) is 22.7 Å². The van der Waals surface area contributed by atoms with Crippen molar-refractivity contribution in [1.82, 2.24) is 4.98 Å². The molecule has 26 heavy (non-hydrogen) atoms. The number of alkyl halides is 3. The summed E-state index contributed by atoms with van der Waals surface area (Å²) in [6.07, 6.45) is -4.39. The standard InChI is InChI=1S/C18H16F4N2OS/c1-25-8-7-24(11-12-3-2-4-14(19)9-12)17-23-15-6-5-13(18(20,21)22)10-16(15)26-17/h2-6,9-10H,7-8,11H2,1H3. The maximum absolute atomic E-state index is 13.4. The van der Waals surface area contributed by atoms with Crippen molar-refractivity contribution < 1.29 is 22.3 Å². The van der Waals surface area contributed by atoms with Crippen molar-refractivity contribution >= 4 is 26.7 Å². The average molecular weight is 384 g/mol. The quantitative estimate of drug-likeness (QED) is 0.553. The van der Waals surface area contributed by atoms with E-state index in [1.165, 1.54) is 29.5 Å². The van der Waals surface area contributed by atoms with Crippen molar-refractivity contribution in [1.29, 1.82) is 0 Å². The van der Waals surface area contributed by atoms with Crippen molar-refractivity contribution in [3.63, 3.8) is 0 Å². The van der Waals surface area contributed by atoms with Gasteiger partial charge in [0.05, 0.1) is 22.4 Å². The summed E-state index contributed by atoms with van der Waals surface area (Å²) in [5.74, 6) is -0.340. The number of aromatic nitrogens is 1. The molecule has 0 spiro atoms. The lowest BCUT2D eigenvalue weighted by Crippen LogP contribution is -2.26. The molecular weight excluding hydrogens is 368 g/mol. The minimum Gasteiger partial charge on any atom is -0.383 e. The van der Waals surface area contributed by atoms with Crippen LogP contribution in [0.1, 0.15) is 11.1 Å². The fourth-order valence-electron chi connectivity index (χ4n) is 2.52. The zero-order chi connectivity index (χ0) is 18.7. The predicted molar refractivity (Wildman–Crippen MR) is 93.9 cm³/mol. The molecule has 2 aromatic carbocycles. The van der Waals surface area contributed by atoms with Crippen LogP contribution in [0.25, 0.3) is 10.2 Å². The second-order valence-corrected chi connectivity index (χ2v) is 6.73. The van der Waals surface area contributed by atoms with E-state index in [2.05, 4.69) is 4.98 Å². The highest BCUT2D eigenvalue weighted by Gasteiger charge is 2.30. The van der Waals surface area contributed by atoms with Crippen molar-refractivity contribution in [2.45, 2.75) is 12.7 Å². The van der Waals surface area contributed by atoms with E-state index in [1.807, 2.05) is 4.90 Å². The van der Waals surface area contributed by atoms with Gasteiger partial charge >= 0.3 is 6.18 Å². The van der Waals surface area contributed by atoms with Gasteiger partial charge in [0, 0.05) is 20.2 Å². The molecule has 0 atom stereocenters. The average Bonchev–Trinajstić information content (AvgIpc) is 3.01. The molecule has 0 aliphatic rings. The van der Waals surface area contributed by atoms with Crippen LogP contribution in [0.15, 0.2) is 42.5 Å². The lowest BCUT2D eigenvalue weighted by atomic mass is 10.2. The number of methoxy groups -OCH3 is 1. The van der Waals surface area contributed by atoms with Crippen LogP contribution >= 0.6 is 11.3 Å². The first-order valence-corrected chi connectivity index (χ1v) is 8.64. The zero-order valence-corrected chi connectivity index (χ0v) is 14.7. The monoisotopic (exact) mass is 384 g/mol. The third-order valence-corrected chi connectivity index (χ3v) is 4.88. The Morgan fingerprint density at radius 2 is 1.96 bits per heavy atom. The van der Waals surface area contributed by atoms with Crippen LogP contribution in [0, 0.1) is 5.82 Å². The first-order valence-electron chi connectivity index (χ1n) is 7.83. The molecule has 0 radical (unpaired) electrons. The minimum atomic E-state index is -4.39. The summed E-state index contributed by atoms with van der Waals surface area (Å²) in [6.45, 7) is 1.28. The fourth-order valence-corrected chi connectivity index (χ4v) is 3.55. The molecule has 138 valence electrons. The van der Waals surface area contributed by atoms with Crippen LogP contribution in [0.2, 0.25) is 0 Å². The molecule has 1 aromatic heterocycles. The molecule has 0 unspecified atom stereocenters. The Hall–Kier alpha value is -2.19.